The molecule has 2 amide bonds. The zero-order valence-electron chi connectivity index (χ0n) is 17.6. The minimum absolute atomic E-state index is 0.0217. The highest BCUT2D eigenvalue weighted by atomic mass is 19.1. The van der Waals surface area contributed by atoms with E-state index in [0.717, 1.165) is 6.07 Å². The van der Waals surface area contributed by atoms with Gasteiger partial charge in [-0.15, -0.1) is 0 Å². The number of amides is 2. The molecule has 0 bridgehead atoms. The molecule has 0 saturated carbocycles. The summed E-state index contributed by atoms with van der Waals surface area (Å²) in [6, 6.07) is 7.59. The summed E-state index contributed by atoms with van der Waals surface area (Å²) >= 11 is 0. The summed E-state index contributed by atoms with van der Waals surface area (Å²) in [4.78, 5) is 29.4. The van der Waals surface area contributed by atoms with E-state index in [1.165, 1.54) is 18.2 Å². The molecule has 8 heteroatoms. The average Bonchev–Trinajstić information content (AvgIpc) is 3.28. The summed E-state index contributed by atoms with van der Waals surface area (Å²) in [5.41, 5.74) is -0.217. The summed E-state index contributed by atoms with van der Waals surface area (Å²) in [5.74, 6) is -2.50. The van der Waals surface area contributed by atoms with Crippen LogP contribution in [0.3, 0.4) is 0 Å². The molecular weight excluding hydrogens is 421 g/mol. The van der Waals surface area contributed by atoms with Gasteiger partial charge in [-0.3, -0.25) is 9.59 Å². The molecule has 0 radical (unpaired) electrons. The molecule has 0 aromatic heterocycles. The van der Waals surface area contributed by atoms with Crippen molar-refractivity contribution in [2.45, 2.75) is 50.5 Å². The highest BCUT2D eigenvalue weighted by molar-refractivity contribution is 5.95. The third kappa shape index (κ3) is 3.28. The van der Waals surface area contributed by atoms with E-state index in [0.29, 0.717) is 36.8 Å². The number of nitrogens with zero attached hydrogens (tertiary/aromatic N) is 2. The molecular formula is C24H23F3N2O3. The number of aryl methyl sites for hydroxylation is 1. The quantitative estimate of drug-likeness (QED) is 0.701. The standard InChI is InChI=1S/C24H23F3N2O3/c1-14-3-2-4-18(21(14)27)22(30)28-9-7-24(8-10-28)23(31)29-19(5-6-20(29)32-24)15-11-16(25)13-17(26)12-15/h2-4,11-13,19-20H,5-10H2,1H3. The van der Waals surface area contributed by atoms with Crippen molar-refractivity contribution >= 4 is 11.8 Å². The number of likely N-dealkylation sites (tertiary alicyclic amines) is 1. The van der Waals surface area contributed by atoms with E-state index in [4.69, 9.17) is 4.74 Å². The topological polar surface area (TPSA) is 49.9 Å². The number of halogens is 3. The summed E-state index contributed by atoms with van der Waals surface area (Å²) in [7, 11) is 0. The minimum Gasteiger partial charge on any atom is -0.342 e. The van der Waals surface area contributed by atoms with Crippen molar-refractivity contribution in [3.05, 3.63) is 70.5 Å². The Morgan fingerprint density at radius 1 is 1.06 bits per heavy atom. The van der Waals surface area contributed by atoms with Gasteiger partial charge in [-0.1, -0.05) is 12.1 Å². The fourth-order valence-electron chi connectivity index (χ4n) is 5.19. The molecule has 3 heterocycles. The summed E-state index contributed by atoms with van der Waals surface area (Å²) in [6.07, 6.45) is 1.28. The van der Waals surface area contributed by atoms with E-state index >= 15 is 0 Å². The van der Waals surface area contributed by atoms with Gasteiger partial charge in [-0.05, 0) is 49.1 Å². The Kier molecular flexibility index (Phi) is 5.00. The van der Waals surface area contributed by atoms with Crippen LogP contribution in [-0.4, -0.2) is 46.5 Å². The van der Waals surface area contributed by atoms with Crippen LogP contribution < -0.4 is 0 Å². The fourth-order valence-corrected chi connectivity index (χ4v) is 5.19. The second-order valence-electron chi connectivity index (χ2n) is 8.80. The van der Waals surface area contributed by atoms with Crippen LogP contribution in [0.4, 0.5) is 13.2 Å². The van der Waals surface area contributed by atoms with Gasteiger partial charge in [-0.2, -0.15) is 0 Å². The molecule has 2 unspecified atom stereocenters. The van der Waals surface area contributed by atoms with Crippen LogP contribution >= 0.6 is 0 Å². The maximum atomic E-state index is 14.4. The molecule has 3 aliphatic heterocycles. The molecule has 0 N–H and O–H groups in total. The van der Waals surface area contributed by atoms with Gasteiger partial charge in [0.25, 0.3) is 11.8 Å². The first-order chi connectivity index (χ1) is 15.3. The summed E-state index contributed by atoms with van der Waals surface area (Å²) in [5, 5.41) is 0. The first-order valence-electron chi connectivity index (χ1n) is 10.8. The number of hydrogen-bond acceptors (Lipinski definition) is 3. The molecule has 2 aromatic carbocycles. The van der Waals surface area contributed by atoms with Crippen LogP contribution in [0.1, 0.15) is 53.2 Å². The number of carbonyl (C=O) groups excluding carboxylic acids is 2. The monoisotopic (exact) mass is 444 g/mol. The molecule has 3 saturated heterocycles. The van der Waals surface area contributed by atoms with Crippen LogP contribution in [0, 0.1) is 24.4 Å². The van der Waals surface area contributed by atoms with Crippen molar-refractivity contribution in [1.82, 2.24) is 9.80 Å². The van der Waals surface area contributed by atoms with E-state index < -0.39 is 41.2 Å². The first kappa shape index (κ1) is 21.0. The van der Waals surface area contributed by atoms with Crippen LogP contribution in [0.5, 0.6) is 0 Å². The van der Waals surface area contributed by atoms with Crippen LogP contribution in [-0.2, 0) is 9.53 Å². The number of benzene rings is 2. The molecule has 3 aliphatic rings. The van der Waals surface area contributed by atoms with E-state index in [1.54, 1.807) is 28.9 Å². The largest absolute Gasteiger partial charge is 0.342 e. The summed E-state index contributed by atoms with van der Waals surface area (Å²) in [6.45, 7) is 2.13. The third-order valence-electron chi connectivity index (χ3n) is 6.87. The van der Waals surface area contributed by atoms with E-state index in [1.807, 2.05) is 0 Å². The first-order valence-corrected chi connectivity index (χ1v) is 10.8. The second-order valence-corrected chi connectivity index (χ2v) is 8.80. The Morgan fingerprint density at radius 2 is 1.75 bits per heavy atom. The number of carbonyl (C=O) groups is 2. The van der Waals surface area contributed by atoms with Gasteiger partial charge < -0.3 is 14.5 Å². The molecule has 1 spiro atoms. The van der Waals surface area contributed by atoms with E-state index in [9.17, 15) is 22.8 Å². The maximum Gasteiger partial charge on any atom is 0.257 e. The lowest BCUT2D eigenvalue weighted by Crippen LogP contribution is -2.51. The van der Waals surface area contributed by atoms with Gasteiger partial charge in [0, 0.05) is 32.0 Å². The number of rotatable bonds is 2. The summed E-state index contributed by atoms with van der Waals surface area (Å²) < 4.78 is 48.1. The molecule has 168 valence electrons. The molecule has 0 aliphatic carbocycles. The normalized spacial score (nSPS) is 24.3. The van der Waals surface area contributed by atoms with Gasteiger partial charge in [0.05, 0.1) is 11.6 Å². The van der Waals surface area contributed by atoms with Gasteiger partial charge in [0.1, 0.15) is 23.7 Å². The number of fused-ring (bicyclic) bond motifs is 1. The minimum atomic E-state index is -1.06. The second kappa shape index (κ2) is 7.62. The molecule has 32 heavy (non-hydrogen) atoms. The van der Waals surface area contributed by atoms with Crippen molar-refractivity contribution < 1.29 is 27.5 Å². The molecule has 2 atom stereocenters. The smallest absolute Gasteiger partial charge is 0.257 e. The fraction of sp³-hybridized carbons (Fsp3) is 0.417. The van der Waals surface area contributed by atoms with Gasteiger partial charge in [-0.25, -0.2) is 13.2 Å². The van der Waals surface area contributed by atoms with Crippen molar-refractivity contribution in [3.63, 3.8) is 0 Å². The highest BCUT2D eigenvalue weighted by Gasteiger charge is 2.58. The lowest BCUT2D eigenvalue weighted by molar-refractivity contribution is -0.142. The maximum absolute atomic E-state index is 14.4. The predicted molar refractivity (Wildman–Crippen MR) is 109 cm³/mol. The number of piperidine rings is 1. The van der Waals surface area contributed by atoms with Gasteiger partial charge in [0.2, 0.25) is 0 Å². The van der Waals surface area contributed by atoms with Crippen LogP contribution in [0.25, 0.3) is 0 Å². The predicted octanol–water partition coefficient (Wildman–Crippen LogP) is 4.11. The molecule has 3 fully saturated rings. The van der Waals surface area contributed by atoms with Gasteiger partial charge >= 0.3 is 0 Å². The Bertz CT molecular complexity index is 1080. The average molecular weight is 444 g/mol. The Balaban J connectivity index is 1.32. The van der Waals surface area contributed by atoms with Crippen molar-refractivity contribution in [2.75, 3.05) is 13.1 Å². The zero-order chi connectivity index (χ0) is 22.6. The third-order valence-corrected chi connectivity index (χ3v) is 6.87. The van der Waals surface area contributed by atoms with Crippen molar-refractivity contribution in [1.29, 1.82) is 0 Å². The zero-order valence-corrected chi connectivity index (χ0v) is 17.6. The van der Waals surface area contributed by atoms with Crippen molar-refractivity contribution in [3.8, 4) is 0 Å². The van der Waals surface area contributed by atoms with Gasteiger partial charge in [0.15, 0.2) is 5.60 Å². The van der Waals surface area contributed by atoms with Crippen LogP contribution in [0.15, 0.2) is 36.4 Å². The molecule has 5 rings (SSSR count). The van der Waals surface area contributed by atoms with Crippen molar-refractivity contribution in [2.24, 2.45) is 0 Å². The SMILES string of the molecule is Cc1cccc(C(=O)N2CCC3(CC2)OC2CCC(c4cc(F)cc(F)c4)N2C3=O)c1F. The molecule has 2 aromatic rings. The Labute approximate surface area is 183 Å². The van der Waals surface area contributed by atoms with Crippen LogP contribution in [0.2, 0.25) is 0 Å². The number of ether oxygens (including phenoxy) is 1. The van der Waals surface area contributed by atoms with E-state index in [2.05, 4.69) is 0 Å². The Morgan fingerprint density at radius 3 is 2.44 bits per heavy atom. The lowest BCUT2D eigenvalue weighted by atomic mass is 9.89. The highest BCUT2D eigenvalue weighted by Crippen LogP contribution is 2.47. The Hall–Kier alpha value is -2.87. The van der Waals surface area contributed by atoms with E-state index in [-0.39, 0.29) is 24.6 Å². The molecule has 5 nitrogen and oxygen atoms in total. The number of hydrogen-bond donors (Lipinski definition) is 0. The lowest BCUT2D eigenvalue weighted by Gasteiger charge is -2.37.